The third-order valence-electron chi connectivity index (χ3n) is 2.12. The first-order valence-corrected chi connectivity index (χ1v) is 5.41. The van der Waals surface area contributed by atoms with E-state index in [1.165, 1.54) is 6.07 Å². The van der Waals surface area contributed by atoms with E-state index in [4.69, 9.17) is 0 Å². The molecule has 0 atom stereocenters. The number of hydrogen-bond acceptors (Lipinski definition) is 2. The van der Waals surface area contributed by atoms with E-state index in [1.807, 2.05) is 22.6 Å². The third kappa shape index (κ3) is 1.86. The fourth-order valence-electron chi connectivity index (χ4n) is 1.51. The maximum atomic E-state index is 13.6. The summed E-state index contributed by atoms with van der Waals surface area (Å²) in [6, 6.07) is 4.82. The lowest BCUT2D eigenvalue weighted by molar-refractivity contribution is 0.112. The van der Waals surface area contributed by atoms with Crippen molar-refractivity contribution in [2.75, 3.05) is 0 Å². The smallest absolute Gasteiger partial charge is 0.150 e. The molecule has 1 heterocycles. The number of aromatic nitrogens is 1. The van der Waals surface area contributed by atoms with Gasteiger partial charge in [0.1, 0.15) is 5.52 Å². The Hall–Kier alpha value is -1.04. The van der Waals surface area contributed by atoms with Gasteiger partial charge in [-0.3, -0.25) is 4.79 Å². The lowest BCUT2D eigenvalue weighted by Crippen LogP contribution is -1.94. The third-order valence-corrected chi connectivity index (χ3v) is 2.74. The second-order valence-electron chi connectivity index (χ2n) is 3.25. The van der Waals surface area contributed by atoms with Crippen molar-refractivity contribution in [1.82, 2.24) is 4.98 Å². The first-order valence-electron chi connectivity index (χ1n) is 4.33. The van der Waals surface area contributed by atoms with Crippen LogP contribution in [0.25, 0.3) is 10.9 Å². The predicted molar refractivity (Wildman–Crippen MR) is 64.5 cm³/mol. The zero-order chi connectivity index (χ0) is 11.0. The number of carbonyl (C=O) groups excluding carboxylic acids is 1. The Morgan fingerprint density at radius 1 is 1.40 bits per heavy atom. The molecule has 0 bridgehead atoms. The largest absolute Gasteiger partial charge is 0.298 e. The Bertz CT molecular complexity index is 554. The van der Waals surface area contributed by atoms with E-state index >= 15 is 0 Å². The monoisotopic (exact) mass is 315 g/mol. The Morgan fingerprint density at radius 3 is 2.80 bits per heavy atom. The summed E-state index contributed by atoms with van der Waals surface area (Å²) >= 11 is 2.01. The molecule has 15 heavy (non-hydrogen) atoms. The van der Waals surface area contributed by atoms with Gasteiger partial charge in [-0.05, 0) is 47.7 Å². The molecule has 0 spiro atoms. The first-order chi connectivity index (χ1) is 7.11. The second kappa shape index (κ2) is 3.84. The van der Waals surface area contributed by atoms with Crippen molar-refractivity contribution < 1.29 is 9.18 Å². The van der Waals surface area contributed by atoms with Crippen LogP contribution in [0.4, 0.5) is 4.39 Å². The molecular weight excluding hydrogens is 308 g/mol. The molecule has 0 N–H and O–H groups in total. The van der Waals surface area contributed by atoms with Crippen LogP contribution in [0.3, 0.4) is 0 Å². The summed E-state index contributed by atoms with van der Waals surface area (Å²) in [5.74, 6) is -0.385. The molecule has 0 radical (unpaired) electrons. The van der Waals surface area contributed by atoms with E-state index in [-0.39, 0.29) is 11.3 Å². The second-order valence-corrected chi connectivity index (χ2v) is 4.50. The molecule has 0 unspecified atom stereocenters. The van der Waals surface area contributed by atoms with E-state index in [0.717, 1.165) is 9.86 Å². The van der Waals surface area contributed by atoms with Crippen LogP contribution in [0, 0.1) is 16.3 Å². The number of aldehydes is 1. The maximum Gasteiger partial charge on any atom is 0.150 e. The minimum absolute atomic E-state index is 0.262. The molecule has 0 saturated carbocycles. The summed E-state index contributed by atoms with van der Waals surface area (Å²) in [7, 11) is 0. The van der Waals surface area contributed by atoms with Gasteiger partial charge >= 0.3 is 0 Å². The van der Waals surface area contributed by atoms with Crippen LogP contribution in [0.15, 0.2) is 18.2 Å². The molecule has 0 aliphatic heterocycles. The molecule has 2 nitrogen and oxygen atoms in total. The van der Waals surface area contributed by atoms with Gasteiger partial charge in [-0.1, -0.05) is 0 Å². The number of nitrogens with zero attached hydrogens (tertiary/aromatic N) is 1. The normalized spacial score (nSPS) is 10.6. The fourth-order valence-corrected chi connectivity index (χ4v) is 2.09. The zero-order valence-corrected chi connectivity index (χ0v) is 10.1. The highest BCUT2D eigenvalue weighted by atomic mass is 127. The summed E-state index contributed by atoms with van der Waals surface area (Å²) < 4.78 is 14.3. The summed E-state index contributed by atoms with van der Waals surface area (Å²) in [5, 5.41) is 0.569. The molecule has 4 heteroatoms. The van der Waals surface area contributed by atoms with Crippen molar-refractivity contribution in [1.29, 1.82) is 0 Å². The van der Waals surface area contributed by atoms with Crippen LogP contribution in [0.2, 0.25) is 0 Å². The van der Waals surface area contributed by atoms with Crippen molar-refractivity contribution in [2.24, 2.45) is 0 Å². The summed E-state index contributed by atoms with van der Waals surface area (Å²) in [4.78, 5) is 14.9. The molecule has 1 aromatic carbocycles. The Kier molecular flexibility index (Phi) is 2.68. The fraction of sp³-hybridized carbons (Fsp3) is 0.0909. The Labute approximate surface area is 99.7 Å². The van der Waals surface area contributed by atoms with Gasteiger partial charge in [-0.25, -0.2) is 9.37 Å². The lowest BCUT2D eigenvalue weighted by atomic mass is 10.1. The van der Waals surface area contributed by atoms with E-state index in [9.17, 15) is 9.18 Å². The Balaban J connectivity index is 2.95. The van der Waals surface area contributed by atoms with Crippen LogP contribution in [-0.2, 0) is 0 Å². The van der Waals surface area contributed by atoms with Gasteiger partial charge in [0.2, 0.25) is 0 Å². The van der Waals surface area contributed by atoms with Gasteiger partial charge in [0, 0.05) is 20.2 Å². The molecule has 0 fully saturated rings. The standard InChI is InChI=1S/C11H7FINO/c1-6-2-7(5-15)9-3-8(13)4-10(12)11(9)14-6/h2-5H,1H3. The number of hydrogen-bond donors (Lipinski definition) is 0. The Morgan fingerprint density at radius 2 is 2.13 bits per heavy atom. The molecular formula is C11H7FINO. The first kappa shape index (κ1) is 10.5. The predicted octanol–water partition coefficient (Wildman–Crippen LogP) is 3.10. The minimum atomic E-state index is -0.385. The molecule has 76 valence electrons. The maximum absolute atomic E-state index is 13.6. The molecule has 0 amide bonds. The van der Waals surface area contributed by atoms with Crippen LogP contribution in [0.5, 0.6) is 0 Å². The molecule has 0 aliphatic rings. The van der Waals surface area contributed by atoms with E-state index in [2.05, 4.69) is 4.98 Å². The van der Waals surface area contributed by atoms with Crippen molar-refractivity contribution >= 4 is 39.8 Å². The highest BCUT2D eigenvalue weighted by Gasteiger charge is 2.08. The van der Waals surface area contributed by atoms with E-state index < -0.39 is 0 Å². The lowest BCUT2D eigenvalue weighted by Gasteiger charge is -2.04. The van der Waals surface area contributed by atoms with Crippen molar-refractivity contribution in [3.05, 3.63) is 38.8 Å². The summed E-state index contributed by atoms with van der Waals surface area (Å²) in [5.41, 5.74) is 1.39. The van der Waals surface area contributed by atoms with Crippen LogP contribution >= 0.6 is 22.6 Å². The average Bonchev–Trinajstić information content (AvgIpc) is 2.18. The van der Waals surface area contributed by atoms with Crippen molar-refractivity contribution in [2.45, 2.75) is 6.92 Å². The molecule has 0 saturated heterocycles. The van der Waals surface area contributed by atoms with Gasteiger partial charge < -0.3 is 0 Å². The molecule has 1 aromatic heterocycles. The average molecular weight is 315 g/mol. The minimum Gasteiger partial charge on any atom is -0.298 e. The van der Waals surface area contributed by atoms with Crippen LogP contribution in [0.1, 0.15) is 16.1 Å². The molecule has 2 rings (SSSR count). The SMILES string of the molecule is Cc1cc(C=O)c2cc(I)cc(F)c2n1. The quantitative estimate of drug-likeness (QED) is 0.598. The number of fused-ring (bicyclic) bond motifs is 1. The van der Waals surface area contributed by atoms with Gasteiger partial charge in [0.05, 0.1) is 0 Å². The summed E-state index contributed by atoms with van der Waals surface area (Å²) in [6.07, 6.45) is 0.729. The number of pyridine rings is 1. The number of benzene rings is 1. The highest BCUT2D eigenvalue weighted by Crippen LogP contribution is 2.22. The summed E-state index contributed by atoms with van der Waals surface area (Å²) in [6.45, 7) is 1.74. The van der Waals surface area contributed by atoms with Crippen molar-refractivity contribution in [3.63, 3.8) is 0 Å². The zero-order valence-electron chi connectivity index (χ0n) is 7.92. The van der Waals surface area contributed by atoms with Gasteiger partial charge in [-0.2, -0.15) is 0 Å². The highest BCUT2D eigenvalue weighted by molar-refractivity contribution is 14.1. The van der Waals surface area contributed by atoms with Gasteiger partial charge in [0.25, 0.3) is 0 Å². The number of aryl methyl sites for hydroxylation is 1. The number of rotatable bonds is 1. The molecule has 2 aromatic rings. The molecule has 0 aliphatic carbocycles. The van der Waals surface area contributed by atoms with E-state index in [0.29, 0.717) is 16.6 Å². The van der Waals surface area contributed by atoms with Crippen molar-refractivity contribution in [3.8, 4) is 0 Å². The van der Waals surface area contributed by atoms with Gasteiger partial charge in [0.15, 0.2) is 12.1 Å². The topological polar surface area (TPSA) is 30.0 Å². The number of carbonyl (C=O) groups is 1. The van der Waals surface area contributed by atoms with Gasteiger partial charge in [-0.15, -0.1) is 0 Å². The van der Waals surface area contributed by atoms with E-state index in [1.54, 1.807) is 19.1 Å². The van der Waals surface area contributed by atoms with Crippen LogP contribution in [-0.4, -0.2) is 11.3 Å². The van der Waals surface area contributed by atoms with Crippen LogP contribution < -0.4 is 0 Å². The number of halogens is 2.